The van der Waals surface area contributed by atoms with Crippen LogP contribution >= 0.6 is 11.3 Å². The van der Waals surface area contributed by atoms with E-state index < -0.39 is 16.1 Å². The van der Waals surface area contributed by atoms with Crippen LogP contribution in [0.1, 0.15) is 0 Å². The SMILES string of the molecule is NS(=O)(=O)c1cc2cc(OCC(O)CO)ccc2s1. The lowest BCUT2D eigenvalue weighted by Crippen LogP contribution is -2.21. The molecule has 104 valence electrons. The molecule has 0 saturated heterocycles. The van der Waals surface area contributed by atoms with Crippen molar-refractivity contribution < 1.29 is 23.4 Å². The summed E-state index contributed by atoms with van der Waals surface area (Å²) in [6.07, 6.45) is -0.946. The summed E-state index contributed by atoms with van der Waals surface area (Å²) in [6, 6.07) is 6.51. The number of hydrogen-bond acceptors (Lipinski definition) is 6. The zero-order chi connectivity index (χ0) is 14.0. The lowest BCUT2D eigenvalue weighted by atomic mass is 10.2. The van der Waals surface area contributed by atoms with Gasteiger partial charge in [0.05, 0.1) is 6.61 Å². The molecule has 1 heterocycles. The molecule has 0 aliphatic rings. The van der Waals surface area contributed by atoms with Crippen LogP contribution < -0.4 is 9.88 Å². The number of rotatable bonds is 5. The van der Waals surface area contributed by atoms with E-state index in [2.05, 4.69) is 0 Å². The number of aliphatic hydroxyl groups excluding tert-OH is 2. The number of primary sulfonamides is 1. The van der Waals surface area contributed by atoms with Gasteiger partial charge in [0.2, 0.25) is 10.0 Å². The third-order valence-corrected chi connectivity index (χ3v) is 4.94. The maximum absolute atomic E-state index is 11.2. The maximum Gasteiger partial charge on any atom is 0.247 e. The molecule has 6 nitrogen and oxygen atoms in total. The normalized spacial score (nSPS) is 13.6. The zero-order valence-electron chi connectivity index (χ0n) is 9.81. The minimum absolute atomic E-state index is 0.0335. The molecule has 2 rings (SSSR count). The molecule has 2 aromatic rings. The summed E-state index contributed by atoms with van der Waals surface area (Å²) in [6.45, 7) is -0.412. The molecule has 0 radical (unpaired) electrons. The summed E-state index contributed by atoms with van der Waals surface area (Å²) >= 11 is 1.08. The second-order valence-corrected chi connectivity index (χ2v) is 6.83. The monoisotopic (exact) mass is 303 g/mol. The number of benzene rings is 1. The fourth-order valence-electron chi connectivity index (χ4n) is 1.47. The van der Waals surface area contributed by atoms with Gasteiger partial charge >= 0.3 is 0 Å². The molecule has 1 aromatic carbocycles. The lowest BCUT2D eigenvalue weighted by Gasteiger charge is -2.09. The number of fused-ring (bicyclic) bond motifs is 1. The molecular formula is C11H13NO5S2. The standard InChI is InChI=1S/C11H13NO5S2/c12-19(15,16)11-4-7-3-9(1-2-10(7)18-11)17-6-8(14)5-13/h1-4,8,13-14H,5-6H2,(H2,12,15,16). The lowest BCUT2D eigenvalue weighted by molar-refractivity contribution is 0.0536. The van der Waals surface area contributed by atoms with Gasteiger partial charge in [-0.15, -0.1) is 11.3 Å². The fraction of sp³-hybridized carbons (Fsp3) is 0.273. The van der Waals surface area contributed by atoms with Crippen LogP contribution in [0, 0.1) is 0 Å². The van der Waals surface area contributed by atoms with Crippen molar-refractivity contribution >= 4 is 31.4 Å². The van der Waals surface area contributed by atoms with Gasteiger partial charge in [-0.05, 0) is 29.7 Å². The highest BCUT2D eigenvalue weighted by Crippen LogP contribution is 2.30. The van der Waals surface area contributed by atoms with E-state index in [0.717, 1.165) is 16.0 Å². The fourth-order valence-corrected chi connectivity index (χ4v) is 3.27. The molecule has 0 spiro atoms. The van der Waals surface area contributed by atoms with Crippen LogP contribution in [0.25, 0.3) is 10.1 Å². The van der Waals surface area contributed by atoms with E-state index in [4.69, 9.17) is 15.0 Å². The summed E-state index contributed by atoms with van der Waals surface area (Å²) in [5.41, 5.74) is 0. The molecule has 8 heteroatoms. The molecule has 1 atom stereocenters. The van der Waals surface area contributed by atoms with Gasteiger partial charge in [0, 0.05) is 4.70 Å². The predicted molar refractivity (Wildman–Crippen MR) is 71.8 cm³/mol. The molecule has 0 saturated carbocycles. The van der Waals surface area contributed by atoms with E-state index in [1.807, 2.05) is 0 Å². The average molecular weight is 303 g/mol. The van der Waals surface area contributed by atoms with Crippen molar-refractivity contribution in [2.75, 3.05) is 13.2 Å². The topological polar surface area (TPSA) is 110 Å². The Labute approximate surface area is 114 Å². The Morgan fingerprint density at radius 1 is 1.37 bits per heavy atom. The molecular weight excluding hydrogens is 290 g/mol. The third-order valence-electron chi connectivity index (χ3n) is 2.40. The summed E-state index contributed by atoms with van der Waals surface area (Å²) in [5, 5.41) is 23.6. The second-order valence-electron chi connectivity index (χ2n) is 3.96. The van der Waals surface area contributed by atoms with Crippen LogP contribution in [0.2, 0.25) is 0 Å². The third kappa shape index (κ3) is 3.43. The number of thiophene rings is 1. The minimum Gasteiger partial charge on any atom is -0.491 e. The van der Waals surface area contributed by atoms with Gasteiger partial charge < -0.3 is 14.9 Å². The molecule has 0 amide bonds. The van der Waals surface area contributed by atoms with Crippen molar-refractivity contribution in [1.29, 1.82) is 0 Å². The van der Waals surface area contributed by atoms with E-state index in [9.17, 15) is 13.5 Å². The minimum atomic E-state index is -3.70. The van der Waals surface area contributed by atoms with Gasteiger partial charge in [0.1, 0.15) is 22.7 Å². The van der Waals surface area contributed by atoms with Crippen molar-refractivity contribution in [3.8, 4) is 5.75 Å². The van der Waals surface area contributed by atoms with Gasteiger partial charge in [0.15, 0.2) is 0 Å². The Morgan fingerprint density at radius 3 is 2.74 bits per heavy atom. The number of nitrogens with two attached hydrogens (primary N) is 1. The maximum atomic E-state index is 11.2. The Hall–Kier alpha value is -1.19. The number of sulfonamides is 1. The largest absolute Gasteiger partial charge is 0.491 e. The first-order valence-electron chi connectivity index (χ1n) is 5.38. The van der Waals surface area contributed by atoms with Crippen LogP contribution in [0.15, 0.2) is 28.5 Å². The molecule has 0 aliphatic heterocycles. The van der Waals surface area contributed by atoms with Gasteiger partial charge in [-0.25, -0.2) is 13.6 Å². The summed E-state index contributed by atoms with van der Waals surface area (Å²) in [4.78, 5) is 0. The molecule has 19 heavy (non-hydrogen) atoms. The Morgan fingerprint density at radius 2 is 2.11 bits per heavy atom. The molecule has 4 N–H and O–H groups in total. The van der Waals surface area contributed by atoms with Crippen LogP contribution in [0.3, 0.4) is 0 Å². The molecule has 1 unspecified atom stereocenters. The van der Waals surface area contributed by atoms with Crippen LogP contribution in [0.4, 0.5) is 0 Å². The van der Waals surface area contributed by atoms with Crippen LogP contribution in [-0.2, 0) is 10.0 Å². The quantitative estimate of drug-likeness (QED) is 0.735. The average Bonchev–Trinajstić information content (AvgIpc) is 2.78. The Balaban J connectivity index is 2.26. The molecule has 0 fully saturated rings. The van der Waals surface area contributed by atoms with Crippen LogP contribution in [-0.4, -0.2) is 37.9 Å². The first-order chi connectivity index (χ1) is 8.90. The Bertz CT molecular complexity index is 679. The highest BCUT2D eigenvalue weighted by molar-refractivity contribution is 7.91. The summed E-state index contributed by atoms with van der Waals surface area (Å²) in [5.74, 6) is 0.485. The first-order valence-corrected chi connectivity index (χ1v) is 7.74. The molecule has 0 aliphatic carbocycles. The van der Waals surface area contributed by atoms with Gasteiger partial charge in [-0.1, -0.05) is 0 Å². The van der Waals surface area contributed by atoms with Crippen molar-refractivity contribution in [3.63, 3.8) is 0 Å². The van der Waals surface area contributed by atoms with E-state index in [1.165, 1.54) is 6.07 Å². The van der Waals surface area contributed by atoms with Crippen molar-refractivity contribution in [1.82, 2.24) is 0 Å². The predicted octanol–water partition coefficient (Wildman–Crippen LogP) is 0.281. The number of aliphatic hydroxyl groups is 2. The summed E-state index contributed by atoms with van der Waals surface area (Å²) < 4.78 is 28.6. The van der Waals surface area contributed by atoms with E-state index in [0.29, 0.717) is 11.1 Å². The smallest absolute Gasteiger partial charge is 0.247 e. The summed E-state index contributed by atoms with van der Waals surface area (Å²) in [7, 11) is -3.70. The van der Waals surface area contributed by atoms with E-state index in [-0.39, 0.29) is 17.4 Å². The highest BCUT2D eigenvalue weighted by atomic mass is 32.2. The second kappa shape index (κ2) is 5.43. The van der Waals surface area contributed by atoms with Crippen molar-refractivity contribution in [3.05, 3.63) is 24.3 Å². The van der Waals surface area contributed by atoms with Crippen molar-refractivity contribution in [2.45, 2.75) is 10.3 Å². The van der Waals surface area contributed by atoms with Gasteiger partial charge in [0.25, 0.3) is 0 Å². The van der Waals surface area contributed by atoms with Gasteiger partial charge in [-0.3, -0.25) is 0 Å². The van der Waals surface area contributed by atoms with Crippen molar-refractivity contribution in [2.24, 2.45) is 5.14 Å². The number of hydrogen-bond donors (Lipinski definition) is 3. The molecule has 0 bridgehead atoms. The molecule has 1 aromatic heterocycles. The van der Waals surface area contributed by atoms with Gasteiger partial charge in [-0.2, -0.15) is 0 Å². The van der Waals surface area contributed by atoms with Crippen LogP contribution in [0.5, 0.6) is 5.75 Å². The zero-order valence-corrected chi connectivity index (χ0v) is 11.4. The first kappa shape index (κ1) is 14.2. The number of ether oxygens (including phenoxy) is 1. The van der Waals surface area contributed by atoms with E-state index in [1.54, 1.807) is 18.2 Å². The Kier molecular flexibility index (Phi) is 4.07. The van der Waals surface area contributed by atoms with E-state index >= 15 is 0 Å². The highest BCUT2D eigenvalue weighted by Gasteiger charge is 2.13.